The van der Waals surface area contributed by atoms with E-state index in [2.05, 4.69) is 10.1 Å². The van der Waals surface area contributed by atoms with E-state index in [-0.39, 0.29) is 11.3 Å². The van der Waals surface area contributed by atoms with Gasteiger partial charge in [-0.1, -0.05) is 5.16 Å². The van der Waals surface area contributed by atoms with Gasteiger partial charge in [-0.25, -0.2) is 0 Å². The highest BCUT2D eigenvalue weighted by Gasteiger charge is 2.41. The lowest BCUT2D eigenvalue weighted by Gasteiger charge is -2.40. The highest BCUT2D eigenvalue weighted by Crippen LogP contribution is 2.37. The number of amides is 1. The summed E-state index contributed by atoms with van der Waals surface area (Å²) in [5.41, 5.74) is 1.43. The summed E-state index contributed by atoms with van der Waals surface area (Å²) in [5, 5.41) is 4.17. The lowest BCUT2D eigenvalue weighted by atomic mass is 9.75. The van der Waals surface area contributed by atoms with Crippen LogP contribution in [0.15, 0.2) is 22.7 Å². The molecule has 0 atom stereocenters. The third kappa shape index (κ3) is 3.98. The summed E-state index contributed by atoms with van der Waals surface area (Å²) in [7, 11) is 3.32. The number of likely N-dealkylation sites (tertiary alicyclic amines) is 1. The fourth-order valence-electron chi connectivity index (χ4n) is 3.71. The van der Waals surface area contributed by atoms with Gasteiger partial charge in [-0.15, -0.1) is 0 Å². The largest absolute Gasteiger partial charge is 0.497 e. The van der Waals surface area contributed by atoms with Crippen molar-refractivity contribution < 1.29 is 18.8 Å². The van der Waals surface area contributed by atoms with Crippen LogP contribution >= 0.6 is 0 Å². The number of hydrogen-bond acceptors (Lipinski definition) is 6. The number of hydrogen-bond donors (Lipinski definition) is 0. The number of piperidine rings is 1. The molecule has 0 radical (unpaired) electrons. The predicted molar refractivity (Wildman–Crippen MR) is 100 cm³/mol. The van der Waals surface area contributed by atoms with Gasteiger partial charge >= 0.3 is 0 Å². The van der Waals surface area contributed by atoms with Crippen molar-refractivity contribution in [2.24, 2.45) is 0 Å². The lowest BCUT2D eigenvalue weighted by Crippen LogP contribution is -2.46. The third-order valence-corrected chi connectivity index (χ3v) is 5.46. The zero-order chi connectivity index (χ0) is 19.4. The summed E-state index contributed by atoms with van der Waals surface area (Å²) in [6.45, 7) is 5.67. The first-order chi connectivity index (χ1) is 13.0. The van der Waals surface area contributed by atoms with Crippen molar-refractivity contribution in [2.45, 2.75) is 38.5 Å². The Balaban J connectivity index is 1.75. The van der Waals surface area contributed by atoms with Crippen molar-refractivity contribution in [3.8, 4) is 5.75 Å². The highest BCUT2D eigenvalue weighted by atomic mass is 16.5. The molecule has 0 aliphatic carbocycles. The summed E-state index contributed by atoms with van der Waals surface area (Å²) in [6, 6.07) is 5.56. The van der Waals surface area contributed by atoms with Crippen LogP contribution in [0.3, 0.4) is 0 Å². The molecule has 7 heteroatoms. The van der Waals surface area contributed by atoms with Crippen LogP contribution in [0.5, 0.6) is 5.75 Å². The van der Waals surface area contributed by atoms with E-state index in [0.717, 1.165) is 42.0 Å². The van der Waals surface area contributed by atoms with Gasteiger partial charge in [0.25, 0.3) is 5.91 Å². The fourth-order valence-corrected chi connectivity index (χ4v) is 3.71. The Hall–Kier alpha value is -2.41. The molecule has 1 aliphatic heterocycles. The molecule has 1 aliphatic rings. The Bertz CT molecular complexity index is 794. The first-order valence-corrected chi connectivity index (χ1v) is 9.23. The number of rotatable bonds is 6. The first-order valence-electron chi connectivity index (χ1n) is 9.23. The topological polar surface area (TPSA) is 77.7 Å². The smallest absolute Gasteiger partial charge is 0.254 e. The van der Waals surface area contributed by atoms with E-state index in [1.807, 2.05) is 30.0 Å². The maximum Gasteiger partial charge on any atom is 0.254 e. The van der Waals surface area contributed by atoms with Gasteiger partial charge in [0.05, 0.1) is 7.11 Å². The number of aromatic nitrogens is 2. The molecule has 3 rings (SSSR count). The van der Waals surface area contributed by atoms with Gasteiger partial charge in [0.1, 0.15) is 5.75 Å². The number of aryl methyl sites for hydroxylation is 2. The van der Waals surface area contributed by atoms with Crippen LogP contribution in [0.1, 0.15) is 46.9 Å². The van der Waals surface area contributed by atoms with Crippen molar-refractivity contribution in [1.29, 1.82) is 0 Å². The van der Waals surface area contributed by atoms with Gasteiger partial charge in [-0.05, 0) is 49.9 Å². The van der Waals surface area contributed by atoms with Gasteiger partial charge in [0.15, 0.2) is 5.82 Å². The van der Waals surface area contributed by atoms with Crippen LogP contribution in [0.25, 0.3) is 0 Å². The average molecular weight is 373 g/mol. The second-order valence-corrected chi connectivity index (χ2v) is 7.13. The molecule has 0 spiro atoms. The Labute approximate surface area is 159 Å². The molecule has 1 aromatic carbocycles. The molecule has 1 amide bonds. The second-order valence-electron chi connectivity index (χ2n) is 7.13. The summed E-state index contributed by atoms with van der Waals surface area (Å²) in [6.07, 6.45) is 2.39. The van der Waals surface area contributed by atoms with Crippen molar-refractivity contribution in [3.05, 3.63) is 41.0 Å². The average Bonchev–Trinajstić information content (AvgIpc) is 3.13. The van der Waals surface area contributed by atoms with E-state index in [1.54, 1.807) is 21.1 Å². The van der Waals surface area contributed by atoms with Crippen LogP contribution in [-0.2, 0) is 10.2 Å². The third-order valence-electron chi connectivity index (χ3n) is 5.46. The lowest BCUT2D eigenvalue weighted by molar-refractivity contribution is 0.0615. The van der Waals surface area contributed by atoms with Crippen LogP contribution in [-0.4, -0.2) is 54.9 Å². The SMILES string of the molecule is COCCC1(c2noc(C)n2)CCN(C(=O)c2ccc(OC)cc2C)CC1. The Morgan fingerprint density at radius 1 is 1.26 bits per heavy atom. The molecule has 2 heterocycles. The number of methoxy groups -OCH3 is 2. The molecule has 1 aromatic heterocycles. The molecule has 146 valence electrons. The van der Waals surface area contributed by atoms with Gasteiger partial charge in [0.2, 0.25) is 5.89 Å². The molecule has 2 aromatic rings. The molecule has 0 saturated carbocycles. The Morgan fingerprint density at radius 3 is 2.56 bits per heavy atom. The Morgan fingerprint density at radius 2 is 2.00 bits per heavy atom. The van der Waals surface area contributed by atoms with Gasteiger partial charge < -0.3 is 18.9 Å². The van der Waals surface area contributed by atoms with E-state index < -0.39 is 0 Å². The molecule has 7 nitrogen and oxygen atoms in total. The number of carbonyl (C=O) groups is 1. The second kappa shape index (κ2) is 8.08. The predicted octanol–water partition coefficient (Wildman–Crippen LogP) is 2.91. The van der Waals surface area contributed by atoms with Crippen molar-refractivity contribution >= 4 is 5.91 Å². The van der Waals surface area contributed by atoms with Gasteiger partial charge in [-0.2, -0.15) is 4.98 Å². The van der Waals surface area contributed by atoms with E-state index in [9.17, 15) is 4.79 Å². The van der Waals surface area contributed by atoms with Crippen LogP contribution in [0.4, 0.5) is 0 Å². The van der Waals surface area contributed by atoms with E-state index in [0.29, 0.717) is 25.6 Å². The Kier molecular flexibility index (Phi) is 5.79. The van der Waals surface area contributed by atoms with E-state index >= 15 is 0 Å². The monoisotopic (exact) mass is 373 g/mol. The van der Waals surface area contributed by atoms with E-state index in [4.69, 9.17) is 14.0 Å². The summed E-state index contributed by atoms with van der Waals surface area (Å²) >= 11 is 0. The quantitative estimate of drug-likeness (QED) is 0.775. The molecular weight excluding hydrogens is 346 g/mol. The zero-order valence-corrected chi connectivity index (χ0v) is 16.4. The normalized spacial score (nSPS) is 16.4. The first kappa shape index (κ1) is 19.4. The van der Waals surface area contributed by atoms with Crippen molar-refractivity contribution in [1.82, 2.24) is 15.0 Å². The molecule has 27 heavy (non-hydrogen) atoms. The molecule has 0 unspecified atom stereocenters. The summed E-state index contributed by atoms with van der Waals surface area (Å²) in [4.78, 5) is 19.4. The number of benzene rings is 1. The number of carbonyl (C=O) groups excluding carboxylic acids is 1. The minimum absolute atomic E-state index is 0.0554. The maximum atomic E-state index is 13.0. The van der Waals surface area contributed by atoms with Crippen molar-refractivity contribution in [2.75, 3.05) is 33.9 Å². The summed E-state index contributed by atoms with van der Waals surface area (Å²) < 4.78 is 15.7. The van der Waals surface area contributed by atoms with Gasteiger partial charge in [0, 0.05) is 44.7 Å². The molecule has 1 fully saturated rings. The minimum atomic E-state index is -0.209. The number of nitrogens with zero attached hydrogens (tertiary/aromatic N) is 3. The molecule has 0 N–H and O–H groups in total. The minimum Gasteiger partial charge on any atom is -0.497 e. The summed E-state index contributed by atoms with van der Waals surface area (Å²) in [5.74, 6) is 2.10. The standard InChI is InChI=1S/C20H27N3O4/c1-14-13-16(26-4)5-6-17(14)18(24)23-10-7-20(8-11-23,9-12-25-3)19-21-15(2)27-22-19/h5-6,13H,7-12H2,1-4H3. The zero-order valence-electron chi connectivity index (χ0n) is 16.4. The fraction of sp³-hybridized carbons (Fsp3) is 0.550. The highest BCUT2D eigenvalue weighted by molar-refractivity contribution is 5.95. The maximum absolute atomic E-state index is 13.0. The van der Waals surface area contributed by atoms with Crippen LogP contribution < -0.4 is 4.74 Å². The molecule has 1 saturated heterocycles. The number of ether oxygens (including phenoxy) is 2. The molecule has 0 bridgehead atoms. The van der Waals surface area contributed by atoms with E-state index in [1.165, 1.54) is 0 Å². The van der Waals surface area contributed by atoms with Crippen molar-refractivity contribution in [3.63, 3.8) is 0 Å². The molecular formula is C20H27N3O4. The van der Waals surface area contributed by atoms with Crippen LogP contribution in [0, 0.1) is 13.8 Å². The van der Waals surface area contributed by atoms with Crippen LogP contribution in [0.2, 0.25) is 0 Å². The van der Waals surface area contributed by atoms with Gasteiger partial charge in [-0.3, -0.25) is 4.79 Å².